The number of ether oxygens (including phenoxy) is 1. The highest BCUT2D eigenvalue weighted by molar-refractivity contribution is 7.92. The van der Waals surface area contributed by atoms with Crippen LogP contribution in [0.4, 0.5) is 5.69 Å². The average Bonchev–Trinajstić information content (AvgIpc) is 2.92. The van der Waals surface area contributed by atoms with Crippen LogP contribution in [-0.4, -0.2) is 51.9 Å². The van der Waals surface area contributed by atoms with E-state index in [0.717, 1.165) is 15.4 Å². The fraction of sp³-hybridized carbons (Fsp3) is 0.286. The van der Waals surface area contributed by atoms with Gasteiger partial charge in [-0.15, -0.1) is 0 Å². The predicted octanol–water partition coefficient (Wildman–Crippen LogP) is 4.41. The summed E-state index contributed by atoms with van der Waals surface area (Å²) >= 11 is 6.03. The molecular formula is C28H32ClN3O5S. The zero-order valence-electron chi connectivity index (χ0n) is 21.8. The number of benzene rings is 3. The van der Waals surface area contributed by atoms with Crippen molar-refractivity contribution in [3.8, 4) is 5.75 Å². The largest absolute Gasteiger partial charge is 0.495 e. The van der Waals surface area contributed by atoms with Crippen molar-refractivity contribution < 1.29 is 22.7 Å². The number of anilines is 1. The molecule has 0 aliphatic carbocycles. The van der Waals surface area contributed by atoms with Crippen LogP contribution < -0.4 is 14.4 Å². The molecule has 0 aromatic heterocycles. The van der Waals surface area contributed by atoms with Crippen LogP contribution in [0, 0.1) is 6.92 Å². The molecule has 0 unspecified atom stereocenters. The second-order valence-corrected chi connectivity index (χ2v) is 11.0. The van der Waals surface area contributed by atoms with E-state index < -0.39 is 28.5 Å². The Morgan fingerprint density at radius 3 is 2.26 bits per heavy atom. The molecule has 3 aromatic carbocycles. The van der Waals surface area contributed by atoms with Crippen LogP contribution in [0.5, 0.6) is 5.75 Å². The van der Waals surface area contributed by atoms with Gasteiger partial charge in [0.1, 0.15) is 18.3 Å². The van der Waals surface area contributed by atoms with Crippen LogP contribution in [0.15, 0.2) is 77.7 Å². The lowest BCUT2D eigenvalue weighted by molar-refractivity contribution is -0.140. The van der Waals surface area contributed by atoms with Gasteiger partial charge in [-0.25, -0.2) is 8.42 Å². The van der Waals surface area contributed by atoms with E-state index in [0.29, 0.717) is 17.2 Å². The summed E-state index contributed by atoms with van der Waals surface area (Å²) in [5, 5.41) is 3.15. The minimum absolute atomic E-state index is 0.0268. The molecule has 0 fully saturated rings. The Morgan fingerprint density at radius 2 is 1.68 bits per heavy atom. The van der Waals surface area contributed by atoms with E-state index in [1.807, 2.05) is 6.92 Å². The van der Waals surface area contributed by atoms with Gasteiger partial charge >= 0.3 is 0 Å². The Bertz CT molecular complexity index is 1360. The third-order valence-electron chi connectivity index (χ3n) is 6.11. The molecule has 0 heterocycles. The Morgan fingerprint density at radius 1 is 1.03 bits per heavy atom. The Labute approximate surface area is 229 Å². The summed E-state index contributed by atoms with van der Waals surface area (Å²) in [4.78, 5) is 28.2. The fourth-order valence-corrected chi connectivity index (χ4v) is 5.66. The van der Waals surface area contributed by atoms with E-state index >= 15 is 0 Å². The van der Waals surface area contributed by atoms with Crippen molar-refractivity contribution in [1.82, 2.24) is 10.2 Å². The zero-order valence-corrected chi connectivity index (χ0v) is 23.4. The third-order valence-corrected chi connectivity index (χ3v) is 8.14. The molecule has 0 bridgehead atoms. The van der Waals surface area contributed by atoms with Gasteiger partial charge in [0.25, 0.3) is 10.0 Å². The summed E-state index contributed by atoms with van der Waals surface area (Å²) in [5.74, 6) is -0.593. The molecular weight excluding hydrogens is 526 g/mol. The monoisotopic (exact) mass is 557 g/mol. The van der Waals surface area contributed by atoms with Gasteiger partial charge in [0.05, 0.1) is 17.7 Å². The molecule has 8 nitrogen and oxygen atoms in total. The molecule has 1 atom stereocenters. The topological polar surface area (TPSA) is 96.0 Å². The molecule has 2 amide bonds. The van der Waals surface area contributed by atoms with Crippen molar-refractivity contribution in [2.45, 2.75) is 37.8 Å². The highest BCUT2D eigenvalue weighted by atomic mass is 35.5. The number of amides is 2. The first-order valence-corrected chi connectivity index (χ1v) is 13.9. The smallest absolute Gasteiger partial charge is 0.264 e. The first-order chi connectivity index (χ1) is 18.1. The number of aryl methyl sites for hydroxylation is 1. The molecule has 0 saturated carbocycles. The molecule has 3 aromatic rings. The lowest BCUT2D eigenvalue weighted by atomic mass is 10.1. The second kappa shape index (κ2) is 12.8. The van der Waals surface area contributed by atoms with Crippen LogP contribution in [0.2, 0.25) is 5.02 Å². The van der Waals surface area contributed by atoms with Crippen LogP contribution >= 0.6 is 11.6 Å². The van der Waals surface area contributed by atoms with Crippen LogP contribution in [0.3, 0.4) is 0 Å². The molecule has 3 rings (SSSR count). The highest BCUT2D eigenvalue weighted by Gasteiger charge is 2.34. The van der Waals surface area contributed by atoms with Crippen molar-refractivity contribution >= 4 is 39.1 Å². The molecule has 1 N–H and O–H groups in total. The summed E-state index contributed by atoms with van der Waals surface area (Å²) in [6.07, 6.45) is 0.332. The maximum Gasteiger partial charge on any atom is 0.264 e. The number of nitrogens with zero attached hydrogens (tertiary/aromatic N) is 2. The van der Waals surface area contributed by atoms with Gasteiger partial charge in [-0.05, 0) is 60.9 Å². The lowest BCUT2D eigenvalue weighted by Gasteiger charge is -2.33. The zero-order chi connectivity index (χ0) is 27.9. The van der Waals surface area contributed by atoms with Gasteiger partial charge in [-0.1, -0.05) is 54.9 Å². The van der Waals surface area contributed by atoms with E-state index in [9.17, 15) is 18.0 Å². The van der Waals surface area contributed by atoms with E-state index in [1.54, 1.807) is 67.6 Å². The maximum absolute atomic E-state index is 14.0. The predicted molar refractivity (Wildman–Crippen MR) is 149 cm³/mol. The van der Waals surface area contributed by atoms with Crippen molar-refractivity contribution in [2.24, 2.45) is 0 Å². The number of sulfonamides is 1. The Kier molecular flexibility index (Phi) is 9.77. The summed E-state index contributed by atoms with van der Waals surface area (Å²) in [6, 6.07) is 19.1. The summed E-state index contributed by atoms with van der Waals surface area (Å²) in [6.45, 7) is 3.16. The normalized spacial score (nSPS) is 11.9. The van der Waals surface area contributed by atoms with Gasteiger partial charge in [0, 0.05) is 18.6 Å². The van der Waals surface area contributed by atoms with E-state index in [2.05, 4.69) is 5.32 Å². The second-order valence-electron chi connectivity index (χ2n) is 8.69. The third kappa shape index (κ3) is 6.65. The van der Waals surface area contributed by atoms with Gasteiger partial charge in [0.15, 0.2) is 0 Å². The number of rotatable bonds is 11. The molecule has 0 aliphatic heterocycles. The number of hydrogen-bond acceptors (Lipinski definition) is 5. The van der Waals surface area contributed by atoms with Crippen LogP contribution in [0.1, 0.15) is 24.5 Å². The first-order valence-electron chi connectivity index (χ1n) is 12.1. The van der Waals surface area contributed by atoms with E-state index in [1.165, 1.54) is 31.2 Å². The van der Waals surface area contributed by atoms with Crippen LogP contribution in [-0.2, 0) is 26.2 Å². The molecule has 0 saturated heterocycles. The Hall–Kier alpha value is -3.56. The number of methoxy groups -OCH3 is 1. The van der Waals surface area contributed by atoms with E-state index in [-0.39, 0.29) is 23.0 Å². The van der Waals surface area contributed by atoms with Gasteiger partial charge in [0.2, 0.25) is 11.8 Å². The fourth-order valence-electron chi connectivity index (χ4n) is 4.10. The number of likely N-dealkylation sites (N-methyl/N-ethyl adjacent to an activating group) is 1. The molecule has 202 valence electrons. The summed E-state index contributed by atoms with van der Waals surface area (Å²) < 4.78 is 34.3. The SMILES string of the molecule is CC[C@@H](C(=O)NC)N(Cc1ccc(Cl)cc1)C(=O)CN(c1cc(C)ccc1OC)S(=O)(=O)c1ccccc1. The molecule has 10 heteroatoms. The van der Waals surface area contributed by atoms with Crippen molar-refractivity contribution in [2.75, 3.05) is 25.0 Å². The molecule has 0 radical (unpaired) electrons. The quantitative estimate of drug-likeness (QED) is 0.377. The van der Waals surface area contributed by atoms with Gasteiger partial charge in [-0.2, -0.15) is 0 Å². The van der Waals surface area contributed by atoms with Crippen molar-refractivity contribution in [1.29, 1.82) is 0 Å². The number of carbonyl (C=O) groups excluding carboxylic acids is 2. The lowest BCUT2D eigenvalue weighted by Crippen LogP contribution is -2.51. The minimum Gasteiger partial charge on any atom is -0.495 e. The Balaban J connectivity index is 2.11. The van der Waals surface area contributed by atoms with Crippen LogP contribution in [0.25, 0.3) is 0 Å². The summed E-state index contributed by atoms with van der Waals surface area (Å²) in [5.41, 5.74) is 1.76. The first kappa shape index (κ1) is 29.0. The minimum atomic E-state index is -4.18. The van der Waals surface area contributed by atoms with Gasteiger partial charge < -0.3 is 15.0 Å². The van der Waals surface area contributed by atoms with Crippen molar-refractivity contribution in [3.05, 3.63) is 88.9 Å². The molecule has 38 heavy (non-hydrogen) atoms. The number of carbonyl (C=O) groups is 2. The highest BCUT2D eigenvalue weighted by Crippen LogP contribution is 2.33. The van der Waals surface area contributed by atoms with E-state index in [4.69, 9.17) is 16.3 Å². The number of halogens is 1. The molecule has 0 spiro atoms. The average molecular weight is 558 g/mol. The van der Waals surface area contributed by atoms with Crippen molar-refractivity contribution in [3.63, 3.8) is 0 Å². The maximum atomic E-state index is 14.0. The number of nitrogens with one attached hydrogen (secondary N) is 1. The standard InChI is InChI=1S/C28H32ClN3O5S/c1-5-24(28(34)30-3)31(18-21-12-14-22(29)15-13-21)27(33)19-32(25-17-20(2)11-16-26(25)37-4)38(35,36)23-9-7-6-8-10-23/h6-17,24H,5,18-19H2,1-4H3,(H,30,34)/t24-/m0/s1. The number of hydrogen-bond donors (Lipinski definition) is 1. The van der Waals surface area contributed by atoms with Gasteiger partial charge in [-0.3, -0.25) is 13.9 Å². The molecule has 0 aliphatic rings. The summed E-state index contributed by atoms with van der Waals surface area (Å²) in [7, 11) is -1.24.